The number of fused-ring (bicyclic) bond motifs is 1. The lowest BCUT2D eigenvalue weighted by Gasteiger charge is -2.28. The van der Waals surface area contributed by atoms with Crippen molar-refractivity contribution in [2.75, 3.05) is 5.32 Å². The summed E-state index contributed by atoms with van der Waals surface area (Å²) in [5.74, 6) is -0.505. The standard InChI is InChI=1S/C15H15ClN2OS2/c1-8-6-13(11-4-5-20-15(11)21-8)18-9-2-3-10(14(17)19)12(16)7-9/h2-5,7-8,13,18H,6H2,1H3,(H2,17,19)/t8-,13?/m0/s1. The van der Waals surface area contributed by atoms with E-state index in [4.69, 9.17) is 17.3 Å². The van der Waals surface area contributed by atoms with E-state index in [0.29, 0.717) is 15.8 Å². The predicted molar refractivity (Wildman–Crippen MR) is 90.6 cm³/mol. The number of halogens is 1. The Hall–Kier alpha value is -1.17. The van der Waals surface area contributed by atoms with Crippen molar-refractivity contribution in [2.45, 2.75) is 28.8 Å². The number of anilines is 1. The summed E-state index contributed by atoms with van der Waals surface area (Å²) in [5, 5.41) is 6.61. The smallest absolute Gasteiger partial charge is 0.250 e. The molecule has 2 aromatic rings. The number of nitrogens with two attached hydrogens (primary N) is 1. The van der Waals surface area contributed by atoms with Crippen LogP contribution in [0.5, 0.6) is 0 Å². The Morgan fingerprint density at radius 1 is 1.43 bits per heavy atom. The SMILES string of the molecule is C[C@H]1CC(Nc2ccc(C(N)=O)c(Cl)c2)c2ccsc2S1. The molecule has 1 aliphatic rings. The molecule has 1 aromatic heterocycles. The number of carbonyl (C=O) groups excluding carboxylic acids is 1. The molecule has 1 aliphatic heterocycles. The molecule has 0 saturated heterocycles. The summed E-state index contributed by atoms with van der Waals surface area (Å²) in [6.45, 7) is 2.24. The van der Waals surface area contributed by atoms with Gasteiger partial charge in [0.05, 0.1) is 20.8 Å². The summed E-state index contributed by atoms with van der Waals surface area (Å²) in [5.41, 5.74) is 7.88. The molecule has 0 bridgehead atoms. The lowest BCUT2D eigenvalue weighted by atomic mass is 10.0. The van der Waals surface area contributed by atoms with Crippen LogP contribution in [-0.2, 0) is 0 Å². The molecule has 3 rings (SSSR count). The van der Waals surface area contributed by atoms with E-state index in [1.165, 1.54) is 9.77 Å². The van der Waals surface area contributed by atoms with Gasteiger partial charge in [-0.3, -0.25) is 4.79 Å². The van der Waals surface area contributed by atoms with Crippen LogP contribution in [-0.4, -0.2) is 11.2 Å². The second-order valence-corrected chi connectivity index (χ2v) is 8.11. The van der Waals surface area contributed by atoms with Gasteiger partial charge in [-0.1, -0.05) is 18.5 Å². The summed E-state index contributed by atoms with van der Waals surface area (Å²) in [7, 11) is 0. The summed E-state index contributed by atoms with van der Waals surface area (Å²) >= 11 is 9.83. The van der Waals surface area contributed by atoms with E-state index >= 15 is 0 Å². The Morgan fingerprint density at radius 3 is 2.95 bits per heavy atom. The van der Waals surface area contributed by atoms with Gasteiger partial charge in [-0.15, -0.1) is 23.1 Å². The number of thioether (sulfide) groups is 1. The monoisotopic (exact) mass is 338 g/mol. The first-order chi connectivity index (χ1) is 10.0. The van der Waals surface area contributed by atoms with E-state index in [1.807, 2.05) is 17.8 Å². The number of hydrogen-bond acceptors (Lipinski definition) is 4. The van der Waals surface area contributed by atoms with E-state index in [2.05, 4.69) is 23.7 Å². The van der Waals surface area contributed by atoms with Gasteiger partial charge in [0.2, 0.25) is 5.91 Å². The zero-order chi connectivity index (χ0) is 15.0. The highest BCUT2D eigenvalue weighted by atomic mass is 35.5. The minimum Gasteiger partial charge on any atom is -0.378 e. The molecule has 21 heavy (non-hydrogen) atoms. The molecule has 2 heterocycles. The number of amides is 1. The third-order valence-electron chi connectivity index (χ3n) is 3.49. The number of thiophene rings is 1. The first kappa shape index (κ1) is 14.8. The molecular formula is C15H15ClN2OS2. The van der Waals surface area contributed by atoms with Gasteiger partial charge >= 0.3 is 0 Å². The molecule has 1 amide bonds. The van der Waals surface area contributed by atoms with Gasteiger partial charge in [-0.05, 0) is 41.6 Å². The Labute approximate surface area is 136 Å². The second kappa shape index (κ2) is 5.91. The maximum absolute atomic E-state index is 11.2. The highest BCUT2D eigenvalue weighted by Crippen LogP contribution is 2.45. The molecule has 0 aliphatic carbocycles. The minimum absolute atomic E-state index is 0.276. The maximum Gasteiger partial charge on any atom is 0.250 e. The van der Waals surface area contributed by atoms with Crippen LogP contribution in [0.15, 0.2) is 33.9 Å². The van der Waals surface area contributed by atoms with E-state index in [9.17, 15) is 4.79 Å². The van der Waals surface area contributed by atoms with Crippen molar-refractivity contribution in [3.05, 3.63) is 45.8 Å². The van der Waals surface area contributed by atoms with Crippen LogP contribution in [0.25, 0.3) is 0 Å². The van der Waals surface area contributed by atoms with Gasteiger partial charge in [0.15, 0.2) is 0 Å². The van der Waals surface area contributed by atoms with Crippen molar-refractivity contribution in [1.82, 2.24) is 0 Å². The van der Waals surface area contributed by atoms with Gasteiger partial charge in [0, 0.05) is 10.9 Å². The zero-order valence-corrected chi connectivity index (χ0v) is 13.8. The molecule has 1 unspecified atom stereocenters. The fraction of sp³-hybridized carbons (Fsp3) is 0.267. The van der Waals surface area contributed by atoms with Gasteiger partial charge in [-0.25, -0.2) is 0 Å². The molecule has 110 valence electrons. The lowest BCUT2D eigenvalue weighted by molar-refractivity contribution is 0.100. The molecule has 0 radical (unpaired) electrons. The number of hydrogen-bond donors (Lipinski definition) is 2. The summed E-state index contributed by atoms with van der Waals surface area (Å²) < 4.78 is 1.38. The number of rotatable bonds is 3. The van der Waals surface area contributed by atoms with Crippen molar-refractivity contribution < 1.29 is 4.79 Å². The molecule has 3 N–H and O–H groups in total. The predicted octanol–water partition coefficient (Wildman–Crippen LogP) is 4.54. The number of primary amides is 1. The zero-order valence-electron chi connectivity index (χ0n) is 11.4. The average molecular weight is 339 g/mol. The normalized spacial score (nSPS) is 20.9. The van der Waals surface area contributed by atoms with E-state index in [1.54, 1.807) is 23.5 Å². The maximum atomic E-state index is 11.2. The summed E-state index contributed by atoms with van der Waals surface area (Å²) in [6, 6.07) is 7.74. The highest BCUT2D eigenvalue weighted by molar-refractivity contribution is 8.01. The Bertz CT molecular complexity index is 686. The molecule has 6 heteroatoms. The van der Waals surface area contributed by atoms with Crippen molar-refractivity contribution in [2.24, 2.45) is 5.73 Å². The van der Waals surface area contributed by atoms with Crippen LogP contribution in [0.3, 0.4) is 0 Å². The molecule has 1 aromatic carbocycles. The highest BCUT2D eigenvalue weighted by Gasteiger charge is 2.26. The van der Waals surface area contributed by atoms with Crippen molar-refractivity contribution in [1.29, 1.82) is 0 Å². The minimum atomic E-state index is -0.505. The van der Waals surface area contributed by atoms with Crippen LogP contribution in [0.2, 0.25) is 5.02 Å². The van der Waals surface area contributed by atoms with Gasteiger partial charge in [-0.2, -0.15) is 0 Å². The molecule has 0 spiro atoms. The molecule has 2 atom stereocenters. The lowest BCUT2D eigenvalue weighted by Crippen LogP contribution is -2.19. The van der Waals surface area contributed by atoms with E-state index in [0.717, 1.165) is 12.1 Å². The fourth-order valence-corrected chi connectivity index (χ4v) is 5.33. The van der Waals surface area contributed by atoms with Crippen molar-refractivity contribution in [3.63, 3.8) is 0 Å². The second-order valence-electron chi connectivity index (χ2n) is 5.08. The van der Waals surface area contributed by atoms with Crippen molar-refractivity contribution >= 4 is 46.3 Å². The summed E-state index contributed by atoms with van der Waals surface area (Å²) in [6.07, 6.45) is 1.06. The van der Waals surface area contributed by atoms with Crippen LogP contribution < -0.4 is 11.1 Å². The van der Waals surface area contributed by atoms with Crippen LogP contribution in [0.4, 0.5) is 5.69 Å². The molecule has 0 saturated carbocycles. The number of carbonyl (C=O) groups is 1. The quantitative estimate of drug-likeness (QED) is 0.864. The van der Waals surface area contributed by atoms with Gasteiger partial charge < -0.3 is 11.1 Å². The largest absolute Gasteiger partial charge is 0.378 e. The summed E-state index contributed by atoms with van der Waals surface area (Å²) in [4.78, 5) is 11.2. The van der Waals surface area contributed by atoms with Crippen molar-refractivity contribution in [3.8, 4) is 0 Å². The molecular weight excluding hydrogens is 324 g/mol. The van der Waals surface area contributed by atoms with E-state index in [-0.39, 0.29) is 6.04 Å². The van der Waals surface area contributed by atoms with Crippen LogP contribution in [0, 0.1) is 0 Å². The Morgan fingerprint density at radius 2 is 2.24 bits per heavy atom. The Balaban J connectivity index is 1.85. The third kappa shape index (κ3) is 3.05. The number of benzene rings is 1. The van der Waals surface area contributed by atoms with Crippen LogP contribution >= 0.6 is 34.7 Å². The number of nitrogens with one attached hydrogen (secondary N) is 1. The fourth-order valence-electron chi connectivity index (χ4n) is 2.49. The Kier molecular flexibility index (Phi) is 4.15. The van der Waals surface area contributed by atoms with Gasteiger partial charge in [0.25, 0.3) is 0 Å². The topological polar surface area (TPSA) is 55.1 Å². The first-order valence-electron chi connectivity index (χ1n) is 6.64. The molecule has 0 fully saturated rings. The molecule has 3 nitrogen and oxygen atoms in total. The third-order valence-corrected chi connectivity index (χ3v) is 6.14. The van der Waals surface area contributed by atoms with Gasteiger partial charge in [0.1, 0.15) is 0 Å². The first-order valence-corrected chi connectivity index (χ1v) is 8.78. The van der Waals surface area contributed by atoms with Crippen LogP contribution in [0.1, 0.15) is 35.3 Å². The average Bonchev–Trinajstić information content (AvgIpc) is 2.86. The van der Waals surface area contributed by atoms with E-state index < -0.39 is 5.91 Å².